The summed E-state index contributed by atoms with van der Waals surface area (Å²) in [5.41, 5.74) is 3.62. The molecule has 0 fully saturated rings. The number of methoxy groups -OCH3 is 1. The highest BCUT2D eigenvalue weighted by molar-refractivity contribution is 6.30. The largest absolute Gasteiger partial charge is 0.492 e. The molecule has 0 bridgehead atoms. The normalized spacial score (nSPS) is 12.0. The van der Waals surface area contributed by atoms with Gasteiger partial charge in [0, 0.05) is 41.5 Å². The van der Waals surface area contributed by atoms with Gasteiger partial charge in [-0.1, -0.05) is 59.6 Å². The third-order valence-electron chi connectivity index (χ3n) is 7.00. The van der Waals surface area contributed by atoms with Gasteiger partial charge < -0.3 is 19.1 Å². The monoisotopic (exact) mass is 639 g/mol. The molecule has 0 aliphatic rings. The fourth-order valence-corrected chi connectivity index (χ4v) is 5.01. The van der Waals surface area contributed by atoms with Crippen LogP contribution in [0.5, 0.6) is 5.75 Å². The molecule has 0 radical (unpaired) electrons. The summed E-state index contributed by atoms with van der Waals surface area (Å²) in [4.78, 5) is 26.3. The number of allylic oxidation sites excluding steroid dienone is 1. The van der Waals surface area contributed by atoms with Gasteiger partial charge in [-0.25, -0.2) is 4.79 Å². The summed E-state index contributed by atoms with van der Waals surface area (Å²) >= 11 is 12.3. The lowest BCUT2D eigenvalue weighted by Gasteiger charge is -2.25. The molecule has 0 aliphatic carbocycles. The van der Waals surface area contributed by atoms with Crippen LogP contribution in [0.3, 0.4) is 0 Å². The number of hydrogen-bond donors (Lipinski definition) is 0. The third kappa shape index (κ3) is 12.4. The SMILES string of the molecule is COC(=O)/C=C(/CCCCC(=O)OC(C)(C)C)c1ccc(OCCN(C)CC(c2ccc(Cl)cc2)c2ccc(Cl)cc2)cc1. The number of carbonyl (C=O) groups excluding carboxylic acids is 2. The van der Waals surface area contributed by atoms with Gasteiger partial charge in [0.25, 0.3) is 0 Å². The first-order valence-electron chi connectivity index (χ1n) is 14.9. The second-order valence-corrected chi connectivity index (χ2v) is 12.6. The number of carbonyl (C=O) groups is 2. The van der Waals surface area contributed by atoms with E-state index >= 15 is 0 Å². The van der Waals surface area contributed by atoms with Crippen LogP contribution in [0, 0.1) is 0 Å². The topological polar surface area (TPSA) is 65.1 Å². The second kappa shape index (κ2) is 17.2. The van der Waals surface area contributed by atoms with Crippen LogP contribution in [-0.2, 0) is 19.1 Å². The van der Waals surface area contributed by atoms with Crippen molar-refractivity contribution in [3.8, 4) is 5.75 Å². The molecule has 3 aromatic rings. The number of halogens is 2. The number of rotatable bonds is 15. The van der Waals surface area contributed by atoms with Crippen molar-refractivity contribution in [2.45, 2.75) is 58.0 Å². The standard InChI is InChI=1S/C36H43Cl2NO5/c1-36(2,3)44-34(40)9-7-6-8-29(24-35(41)42-5)26-14-20-32(21-15-26)43-23-22-39(4)25-33(27-10-16-30(37)17-11-27)28-12-18-31(38)19-13-28/h10-21,24,33H,6-9,22-23,25H2,1-5H3/b29-24-. The van der Waals surface area contributed by atoms with Crippen LogP contribution < -0.4 is 4.74 Å². The van der Waals surface area contributed by atoms with E-state index < -0.39 is 11.6 Å². The molecular formula is C36H43Cl2NO5. The van der Waals surface area contributed by atoms with Crippen molar-refractivity contribution in [1.82, 2.24) is 4.90 Å². The Labute approximate surface area is 271 Å². The van der Waals surface area contributed by atoms with Crippen molar-refractivity contribution >= 4 is 40.7 Å². The molecule has 0 N–H and O–H groups in total. The minimum Gasteiger partial charge on any atom is -0.492 e. The molecular weight excluding hydrogens is 597 g/mol. The van der Waals surface area contributed by atoms with Crippen LogP contribution >= 0.6 is 23.2 Å². The molecule has 0 amide bonds. The van der Waals surface area contributed by atoms with Gasteiger partial charge in [-0.3, -0.25) is 4.79 Å². The average molecular weight is 641 g/mol. The summed E-state index contributed by atoms with van der Waals surface area (Å²) in [6, 6.07) is 23.6. The van der Waals surface area contributed by atoms with Crippen molar-refractivity contribution < 1.29 is 23.8 Å². The first kappa shape index (κ1) is 35.2. The molecule has 3 aromatic carbocycles. The molecule has 8 heteroatoms. The van der Waals surface area contributed by atoms with E-state index in [1.165, 1.54) is 24.3 Å². The van der Waals surface area contributed by atoms with Crippen LogP contribution in [0.1, 0.15) is 69.1 Å². The van der Waals surface area contributed by atoms with Gasteiger partial charge in [-0.05, 0) is 106 Å². The number of unbranched alkanes of at least 4 members (excludes halogenated alkanes) is 1. The molecule has 0 saturated heterocycles. The quantitative estimate of drug-likeness (QED) is 0.0942. The summed E-state index contributed by atoms with van der Waals surface area (Å²) in [5, 5.41) is 1.42. The van der Waals surface area contributed by atoms with E-state index in [0.29, 0.717) is 35.9 Å². The average Bonchev–Trinajstić information content (AvgIpc) is 2.98. The highest BCUT2D eigenvalue weighted by atomic mass is 35.5. The number of esters is 2. The lowest BCUT2D eigenvalue weighted by molar-refractivity contribution is -0.155. The molecule has 0 saturated carbocycles. The van der Waals surface area contributed by atoms with E-state index in [0.717, 1.165) is 36.4 Å². The van der Waals surface area contributed by atoms with E-state index in [-0.39, 0.29) is 11.9 Å². The van der Waals surface area contributed by atoms with Gasteiger partial charge in [-0.2, -0.15) is 0 Å². The van der Waals surface area contributed by atoms with Gasteiger partial charge in [0.1, 0.15) is 18.0 Å². The van der Waals surface area contributed by atoms with Crippen LogP contribution in [-0.4, -0.2) is 56.3 Å². The first-order chi connectivity index (χ1) is 20.9. The fraction of sp³-hybridized carbons (Fsp3) is 0.389. The van der Waals surface area contributed by atoms with E-state index in [9.17, 15) is 9.59 Å². The van der Waals surface area contributed by atoms with Crippen molar-refractivity contribution in [2.75, 3.05) is 33.9 Å². The molecule has 6 nitrogen and oxygen atoms in total. The Morgan fingerprint density at radius 3 is 1.91 bits per heavy atom. The minimum atomic E-state index is -0.497. The lowest BCUT2D eigenvalue weighted by Crippen LogP contribution is -2.29. The van der Waals surface area contributed by atoms with Crippen LogP contribution in [0.4, 0.5) is 0 Å². The predicted molar refractivity (Wildman–Crippen MR) is 178 cm³/mol. The smallest absolute Gasteiger partial charge is 0.330 e. The minimum absolute atomic E-state index is 0.151. The van der Waals surface area contributed by atoms with Crippen molar-refractivity contribution in [1.29, 1.82) is 0 Å². The van der Waals surface area contributed by atoms with Crippen molar-refractivity contribution in [3.63, 3.8) is 0 Å². The number of benzene rings is 3. The molecule has 0 heterocycles. The summed E-state index contributed by atoms with van der Waals surface area (Å²) in [6.07, 6.45) is 3.88. The Bertz CT molecular complexity index is 1320. The van der Waals surface area contributed by atoms with Gasteiger partial charge in [0.2, 0.25) is 0 Å². The maximum absolute atomic E-state index is 12.0. The Morgan fingerprint density at radius 2 is 1.39 bits per heavy atom. The maximum Gasteiger partial charge on any atom is 0.330 e. The Hall–Kier alpha value is -3.32. The first-order valence-corrected chi connectivity index (χ1v) is 15.6. The van der Waals surface area contributed by atoms with E-state index in [1.807, 2.05) is 69.3 Å². The van der Waals surface area contributed by atoms with Crippen LogP contribution in [0.15, 0.2) is 78.9 Å². The molecule has 44 heavy (non-hydrogen) atoms. The summed E-state index contributed by atoms with van der Waals surface area (Å²) in [7, 11) is 3.44. The van der Waals surface area contributed by atoms with Gasteiger partial charge in [0.15, 0.2) is 0 Å². The zero-order chi connectivity index (χ0) is 32.1. The van der Waals surface area contributed by atoms with Gasteiger partial charge in [-0.15, -0.1) is 0 Å². The molecule has 3 rings (SSSR count). The summed E-state index contributed by atoms with van der Waals surface area (Å²) < 4.78 is 16.3. The summed E-state index contributed by atoms with van der Waals surface area (Å²) in [6.45, 7) is 7.60. The number of nitrogens with zero attached hydrogens (tertiary/aromatic N) is 1. The Morgan fingerprint density at radius 1 is 0.841 bits per heavy atom. The number of hydrogen-bond acceptors (Lipinski definition) is 6. The Balaban J connectivity index is 1.55. The number of ether oxygens (including phenoxy) is 3. The van der Waals surface area contributed by atoms with Gasteiger partial charge in [0.05, 0.1) is 7.11 Å². The van der Waals surface area contributed by atoms with Crippen molar-refractivity contribution in [2.24, 2.45) is 0 Å². The van der Waals surface area contributed by atoms with Crippen LogP contribution in [0.2, 0.25) is 10.0 Å². The molecule has 236 valence electrons. The van der Waals surface area contributed by atoms with Crippen LogP contribution in [0.25, 0.3) is 5.57 Å². The van der Waals surface area contributed by atoms with E-state index in [2.05, 4.69) is 36.2 Å². The Kier molecular flexibility index (Phi) is 13.8. The lowest BCUT2D eigenvalue weighted by atomic mass is 9.91. The fourth-order valence-electron chi connectivity index (χ4n) is 4.76. The predicted octanol–water partition coefficient (Wildman–Crippen LogP) is 8.59. The zero-order valence-electron chi connectivity index (χ0n) is 26.3. The van der Waals surface area contributed by atoms with E-state index in [1.54, 1.807) is 0 Å². The van der Waals surface area contributed by atoms with E-state index in [4.69, 9.17) is 37.4 Å². The third-order valence-corrected chi connectivity index (χ3v) is 7.50. The molecule has 0 aromatic heterocycles. The van der Waals surface area contributed by atoms with Gasteiger partial charge >= 0.3 is 11.9 Å². The molecule has 0 unspecified atom stereocenters. The highest BCUT2D eigenvalue weighted by Crippen LogP contribution is 2.28. The molecule has 0 spiro atoms. The maximum atomic E-state index is 12.0. The van der Waals surface area contributed by atoms with Crippen molar-refractivity contribution in [3.05, 3.63) is 106 Å². The zero-order valence-corrected chi connectivity index (χ0v) is 27.8. The highest BCUT2D eigenvalue weighted by Gasteiger charge is 2.18. The molecule has 0 atom stereocenters. The summed E-state index contributed by atoms with van der Waals surface area (Å²) in [5.74, 6) is 0.272. The molecule has 0 aliphatic heterocycles. The second-order valence-electron chi connectivity index (χ2n) is 11.8. The number of likely N-dealkylation sites (N-methyl/N-ethyl adjacent to an activating group) is 1.